The number of carbonyl (C=O) groups excluding carboxylic acids is 1. The van der Waals surface area contributed by atoms with Gasteiger partial charge >= 0.3 is 0 Å². The molecule has 0 aliphatic carbocycles. The third-order valence-corrected chi connectivity index (χ3v) is 6.43. The highest BCUT2D eigenvalue weighted by atomic mass is 32.2. The SMILES string of the molecule is CC(CCc1ccccc1)NC(=O)CSc1nnc(-c2ccccc2F)n1Cc1ccccc1. The van der Waals surface area contributed by atoms with Gasteiger partial charge in [0.1, 0.15) is 5.82 Å². The fraction of sp³-hybridized carbons (Fsp3) is 0.222. The summed E-state index contributed by atoms with van der Waals surface area (Å²) in [6, 6.07) is 26.7. The molecule has 7 heteroatoms. The lowest BCUT2D eigenvalue weighted by atomic mass is 10.1. The Bertz CT molecular complexity index is 1210. The molecule has 0 radical (unpaired) electrons. The van der Waals surface area contributed by atoms with Crippen molar-refractivity contribution >= 4 is 17.7 Å². The molecule has 3 aromatic carbocycles. The molecule has 5 nitrogen and oxygen atoms in total. The zero-order valence-electron chi connectivity index (χ0n) is 19.0. The number of aromatic nitrogens is 3. The summed E-state index contributed by atoms with van der Waals surface area (Å²) in [7, 11) is 0. The van der Waals surface area contributed by atoms with Gasteiger partial charge in [-0.05, 0) is 43.0 Å². The maximum absolute atomic E-state index is 14.5. The Morgan fingerprint density at radius 2 is 1.59 bits per heavy atom. The largest absolute Gasteiger partial charge is 0.353 e. The van der Waals surface area contributed by atoms with Crippen LogP contribution in [0.5, 0.6) is 0 Å². The van der Waals surface area contributed by atoms with E-state index in [0.29, 0.717) is 23.1 Å². The number of nitrogens with zero attached hydrogens (tertiary/aromatic N) is 3. The lowest BCUT2D eigenvalue weighted by Crippen LogP contribution is -2.34. The van der Waals surface area contributed by atoms with Crippen LogP contribution in [0.1, 0.15) is 24.5 Å². The molecule has 1 heterocycles. The number of halogens is 1. The molecule has 1 atom stereocenters. The van der Waals surface area contributed by atoms with E-state index in [0.717, 1.165) is 18.4 Å². The van der Waals surface area contributed by atoms with Gasteiger partial charge in [-0.2, -0.15) is 0 Å². The quantitative estimate of drug-likeness (QED) is 0.314. The summed E-state index contributed by atoms with van der Waals surface area (Å²) in [5.41, 5.74) is 2.69. The number of hydrogen-bond acceptors (Lipinski definition) is 4. The van der Waals surface area contributed by atoms with E-state index in [9.17, 15) is 9.18 Å². The monoisotopic (exact) mass is 474 g/mol. The summed E-state index contributed by atoms with van der Waals surface area (Å²) in [4.78, 5) is 12.6. The van der Waals surface area contributed by atoms with Crippen LogP contribution in [-0.4, -0.2) is 32.5 Å². The van der Waals surface area contributed by atoms with Crippen molar-refractivity contribution in [3.8, 4) is 11.4 Å². The number of amides is 1. The van der Waals surface area contributed by atoms with Crippen LogP contribution in [0.3, 0.4) is 0 Å². The minimum atomic E-state index is -0.356. The molecule has 1 aromatic heterocycles. The van der Waals surface area contributed by atoms with E-state index in [1.54, 1.807) is 18.2 Å². The maximum Gasteiger partial charge on any atom is 0.230 e. The van der Waals surface area contributed by atoms with Crippen molar-refractivity contribution in [3.05, 3.63) is 102 Å². The summed E-state index contributed by atoms with van der Waals surface area (Å²) in [6.45, 7) is 2.49. The Morgan fingerprint density at radius 3 is 2.29 bits per heavy atom. The van der Waals surface area contributed by atoms with Gasteiger partial charge in [0.05, 0.1) is 17.9 Å². The van der Waals surface area contributed by atoms with Crippen LogP contribution in [-0.2, 0) is 17.8 Å². The number of carbonyl (C=O) groups is 1. The smallest absolute Gasteiger partial charge is 0.230 e. The van der Waals surface area contributed by atoms with Crippen LogP contribution in [0.4, 0.5) is 4.39 Å². The van der Waals surface area contributed by atoms with E-state index < -0.39 is 0 Å². The average Bonchev–Trinajstić information content (AvgIpc) is 3.25. The van der Waals surface area contributed by atoms with Gasteiger partial charge in [-0.25, -0.2) is 4.39 Å². The van der Waals surface area contributed by atoms with E-state index in [4.69, 9.17) is 0 Å². The molecule has 0 fully saturated rings. The summed E-state index contributed by atoms with van der Waals surface area (Å²) in [5.74, 6) is 0.235. The first-order chi connectivity index (χ1) is 16.6. The molecular weight excluding hydrogens is 447 g/mol. The highest BCUT2D eigenvalue weighted by Crippen LogP contribution is 2.27. The fourth-order valence-electron chi connectivity index (χ4n) is 3.69. The maximum atomic E-state index is 14.5. The molecule has 0 saturated carbocycles. The summed E-state index contributed by atoms with van der Waals surface area (Å²) in [6.07, 6.45) is 1.77. The predicted octanol–water partition coefficient (Wildman–Crippen LogP) is 5.36. The van der Waals surface area contributed by atoms with E-state index >= 15 is 0 Å². The minimum Gasteiger partial charge on any atom is -0.353 e. The zero-order chi connectivity index (χ0) is 23.8. The number of benzene rings is 3. The molecule has 0 bridgehead atoms. The van der Waals surface area contributed by atoms with Crippen LogP contribution in [0.2, 0.25) is 0 Å². The van der Waals surface area contributed by atoms with Gasteiger partial charge in [0.15, 0.2) is 11.0 Å². The highest BCUT2D eigenvalue weighted by molar-refractivity contribution is 7.99. The molecule has 0 aliphatic heterocycles. The Balaban J connectivity index is 1.42. The van der Waals surface area contributed by atoms with Crippen LogP contribution >= 0.6 is 11.8 Å². The van der Waals surface area contributed by atoms with Crippen molar-refractivity contribution in [3.63, 3.8) is 0 Å². The molecule has 1 N–H and O–H groups in total. The normalized spacial score (nSPS) is 11.8. The topological polar surface area (TPSA) is 59.8 Å². The zero-order valence-corrected chi connectivity index (χ0v) is 19.8. The fourth-order valence-corrected chi connectivity index (χ4v) is 4.44. The standard InChI is InChI=1S/C27H27FN4OS/c1-20(16-17-21-10-4-2-5-11-21)29-25(33)19-34-27-31-30-26(23-14-8-9-15-24(23)28)32(27)18-22-12-6-3-7-13-22/h2-15,20H,16-19H2,1H3,(H,29,33). The molecule has 1 unspecified atom stereocenters. The lowest BCUT2D eigenvalue weighted by molar-refractivity contribution is -0.119. The highest BCUT2D eigenvalue weighted by Gasteiger charge is 2.19. The second-order valence-electron chi connectivity index (χ2n) is 8.14. The van der Waals surface area contributed by atoms with Gasteiger partial charge in [0.25, 0.3) is 0 Å². The molecule has 0 spiro atoms. The molecule has 174 valence electrons. The minimum absolute atomic E-state index is 0.0597. The first-order valence-corrected chi connectivity index (χ1v) is 12.3. The first-order valence-electron chi connectivity index (χ1n) is 11.3. The Morgan fingerprint density at radius 1 is 0.941 bits per heavy atom. The lowest BCUT2D eigenvalue weighted by Gasteiger charge is -2.14. The van der Waals surface area contributed by atoms with Gasteiger partial charge < -0.3 is 5.32 Å². The van der Waals surface area contributed by atoms with Crippen molar-refractivity contribution in [1.29, 1.82) is 0 Å². The second kappa shape index (κ2) is 11.6. The van der Waals surface area contributed by atoms with Gasteiger partial charge in [0.2, 0.25) is 5.91 Å². The number of hydrogen-bond donors (Lipinski definition) is 1. The third kappa shape index (κ3) is 6.32. The Hall–Kier alpha value is -3.45. The van der Waals surface area contributed by atoms with Gasteiger partial charge in [-0.1, -0.05) is 84.6 Å². The van der Waals surface area contributed by atoms with Gasteiger partial charge in [-0.15, -0.1) is 10.2 Å². The van der Waals surface area contributed by atoms with Crippen LogP contribution < -0.4 is 5.32 Å². The Labute approximate surface area is 203 Å². The number of nitrogens with one attached hydrogen (secondary N) is 1. The first kappa shape index (κ1) is 23.7. The molecule has 0 saturated heterocycles. The average molecular weight is 475 g/mol. The Kier molecular flexibility index (Phi) is 8.09. The molecule has 4 aromatic rings. The number of thioether (sulfide) groups is 1. The molecule has 1 amide bonds. The number of rotatable bonds is 10. The van der Waals surface area contributed by atoms with Crippen molar-refractivity contribution in [2.45, 2.75) is 37.5 Å². The van der Waals surface area contributed by atoms with Gasteiger partial charge in [0, 0.05) is 6.04 Å². The van der Waals surface area contributed by atoms with Crippen LogP contribution in [0, 0.1) is 5.82 Å². The molecular formula is C27H27FN4OS. The molecule has 0 aliphatic rings. The molecule has 34 heavy (non-hydrogen) atoms. The predicted molar refractivity (Wildman–Crippen MR) is 134 cm³/mol. The van der Waals surface area contributed by atoms with Gasteiger partial charge in [-0.3, -0.25) is 9.36 Å². The van der Waals surface area contributed by atoms with Crippen molar-refractivity contribution in [2.24, 2.45) is 0 Å². The number of aryl methyl sites for hydroxylation is 1. The molecule has 4 rings (SSSR count). The van der Waals surface area contributed by atoms with E-state index in [2.05, 4.69) is 27.6 Å². The summed E-state index contributed by atoms with van der Waals surface area (Å²) < 4.78 is 16.4. The van der Waals surface area contributed by atoms with E-state index in [1.807, 2.05) is 60.0 Å². The van der Waals surface area contributed by atoms with Crippen LogP contribution in [0.15, 0.2) is 90.1 Å². The summed E-state index contributed by atoms with van der Waals surface area (Å²) in [5, 5.41) is 12.2. The van der Waals surface area contributed by atoms with E-state index in [1.165, 1.54) is 23.4 Å². The van der Waals surface area contributed by atoms with Crippen LogP contribution in [0.25, 0.3) is 11.4 Å². The summed E-state index contributed by atoms with van der Waals surface area (Å²) >= 11 is 1.31. The third-order valence-electron chi connectivity index (χ3n) is 5.46. The van der Waals surface area contributed by atoms with Crippen molar-refractivity contribution in [1.82, 2.24) is 20.1 Å². The second-order valence-corrected chi connectivity index (χ2v) is 9.08. The van der Waals surface area contributed by atoms with Crippen molar-refractivity contribution in [2.75, 3.05) is 5.75 Å². The van der Waals surface area contributed by atoms with E-state index in [-0.39, 0.29) is 23.5 Å². The van der Waals surface area contributed by atoms with Crippen molar-refractivity contribution < 1.29 is 9.18 Å².